The topological polar surface area (TPSA) is 12.0 Å². The Morgan fingerprint density at radius 2 is 1.63 bits per heavy atom. The second-order valence-corrected chi connectivity index (χ2v) is 5.73. The molecule has 1 aromatic carbocycles. The van der Waals surface area contributed by atoms with E-state index in [1.165, 1.54) is 50.5 Å². The van der Waals surface area contributed by atoms with Gasteiger partial charge in [0.1, 0.15) is 0 Å². The summed E-state index contributed by atoms with van der Waals surface area (Å²) < 4.78 is 0. The number of halogens is 1. The molecule has 108 valence electrons. The van der Waals surface area contributed by atoms with Gasteiger partial charge in [-0.25, -0.2) is 0 Å². The van der Waals surface area contributed by atoms with E-state index in [0.29, 0.717) is 6.04 Å². The third-order valence-corrected chi connectivity index (χ3v) is 3.95. The largest absolute Gasteiger partial charge is 0.310 e. The number of unbranched alkanes of at least 4 members (excludes halogenated alkanes) is 6. The Balaban J connectivity index is 2.08. The van der Waals surface area contributed by atoms with Gasteiger partial charge in [0.2, 0.25) is 0 Å². The van der Waals surface area contributed by atoms with Crippen LogP contribution in [-0.2, 0) is 0 Å². The zero-order valence-corrected chi connectivity index (χ0v) is 13.2. The highest BCUT2D eigenvalue weighted by molar-refractivity contribution is 6.31. The van der Waals surface area contributed by atoms with Gasteiger partial charge in [0, 0.05) is 11.1 Å². The molecule has 0 saturated heterocycles. The molecule has 0 fully saturated rings. The van der Waals surface area contributed by atoms with Gasteiger partial charge in [0.05, 0.1) is 0 Å². The molecule has 0 unspecified atom stereocenters. The van der Waals surface area contributed by atoms with Gasteiger partial charge < -0.3 is 5.32 Å². The quantitative estimate of drug-likeness (QED) is 0.539. The predicted molar refractivity (Wildman–Crippen MR) is 85.9 cm³/mol. The van der Waals surface area contributed by atoms with Crippen molar-refractivity contribution in [2.45, 2.75) is 64.8 Å². The zero-order chi connectivity index (χ0) is 13.9. The van der Waals surface area contributed by atoms with Crippen LogP contribution in [0.3, 0.4) is 0 Å². The van der Waals surface area contributed by atoms with Crippen LogP contribution in [0.1, 0.15) is 70.4 Å². The van der Waals surface area contributed by atoms with Gasteiger partial charge in [-0.3, -0.25) is 0 Å². The SMILES string of the molecule is CCCCCCCCCN[C@@H](C)c1ccccc1Cl. The lowest BCUT2D eigenvalue weighted by atomic mass is 10.1. The maximum absolute atomic E-state index is 6.19. The Labute approximate surface area is 123 Å². The van der Waals surface area contributed by atoms with E-state index in [4.69, 9.17) is 11.6 Å². The van der Waals surface area contributed by atoms with Gasteiger partial charge in [0.15, 0.2) is 0 Å². The van der Waals surface area contributed by atoms with Gasteiger partial charge in [-0.1, -0.05) is 75.2 Å². The summed E-state index contributed by atoms with van der Waals surface area (Å²) in [5, 5.41) is 4.42. The van der Waals surface area contributed by atoms with E-state index >= 15 is 0 Å². The van der Waals surface area contributed by atoms with Crippen LogP contribution in [0, 0.1) is 0 Å². The predicted octanol–water partition coefficient (Wildman–Crippen LogP) is 5.74. The van der Waals surface area contributed by atoms with E-state index in [9.17, 15) is 0 Å². The van der Waals surface area contributed by atoms with E-state index in [0.717, 1.165) is 11.6 Å². The second-order valence-electron chi connectivity index (χ2n) is 5.32. The smallest absolute Gasteiger partial charge is 0.0453 e. The number of nitrogens with one attached hydrogen (secondary N) is 1. The Hall–Kier alpha value is -0.530. The summed E-state index contributed by atoms with van der Waals surface area (Å²) >= 11 is 6.19. The standard InChI is InChI=1S/C17H28ClN/c1-3-4-5-6-7-8-11-14-19-15(2)16-12-9-10-13-17(16)18/h9-10,12-13,15,19H,3-8,11,14H2,1-2H3/t15-/m0/s1. The summed E-state index contributed by atoms with van der Waals surface area (Å²) in [4.78, 5) is 0. The molecule has 0 radical (unpaired) electrons. The third kappa shape index (κ3) is 6.98. The van der Waals surface area contributed by atoms with Crippen LogP contribution < -0.4 is 5.32 Å². The van der Waals surface area contributed by atoms with Gasteiger partial charge in [-0.2, -0.15) is 0 Å². The fourth-order valence-electron chi connectivity index (χ4n) is 2.34. The highest BCUT2D eigenvalue weighted by Gasteiger charge is 2.07. The van der Waals surface area contributed by atoms with Crippen molar-refractivity contribution in [3.8, 4) is 0 Å². The first-order chi connectivity index (χ1) is 9.25. The van der Waals surface area contributed by atoms with E-state index < -0.39 is 0 Å². The van der Waals surface area contributed by atoms with Crippen LogP contribution in [0.5, 0.6) is 0 Å². The Bertz CT molecular complexity index is 338. The average Bonchev–Trinajstić information content (AvgIpc) is 2.42. The first kappa shape index (κ1) is 16.5. The molecule has 1 atom stereocenters. The van der Waals surface area contributed by atoms with Crippen LogP contribution in [0.25, 0.3) is 0 Å². The van der Waals surface area contributed by atoms with Gasteiger partial charge in [0.25, 0.3) is 0 Å². The van der Waals surface area contributed by atoms with Crippen LogP contribution >= 0.6 is 11.6 Å². The molecule has 0 spiro atoms. The molecule has 1 aromatic rings. The molecule has 1 nitrogen and oxygen atoms in total. The summed E-state index contributed by atoms with van der Waals surface area (Å²) in [6.07, 6.45) is 9.50. The number of hydrogen-bond donors (Lipinski definition) is 1. The first-order valence-electron chi connectivity index (χ1n) is 7.73. The summed E-state index contributed by atoms with van der Waals surface area (Å²) in [5.41, 5.74) is 1.20. The first-order valence-corrected chi connectivity index (χ1v) is 8.11. The maximum atomic E-state index is 6.19. The number of hydrogen-bond acceptors (Lipinski definition) is 1. The van der Waals surface area contributed by atoms with E-state index in [1.807, 2.05) is 18.2 Å². The second kappa shape index (κ2) is 10.3. The van der Waals surface area contributed by atoms with Crippen LogP contribution in [0.4, 0.5) is 0 Å². The molecule has 0 bridgehead atoms. The number of benzene rings is 1. The Morgan fingerprint density at radius 3 is 2.32 bits per heavy atom. The fraction of sp³-hybridized carbons (Fsp3) is 0.647. The van der Waals surface area contributed by atoms with Crippen molar-refractivity contribution < 1.29 is 0 Å². The van der Waals surface area contributed by atoms with Crippen molar-refractivity contribution in [1.29, 1.82) is 0 Å². The lowest BCUT2D eigenvalue weighted by Gasteiger charge is -2.15. The molecule has 0 aliphatic heterocycles. The maximum Gasteiger partial charge on any atom is 0.0453 e. The van der Waals surface area contributed by atoms with E-state index in [-0.39, 0.29) is 0 Å². The van der Waals surface area contributed by atoms with Crippen molar-refractivity contribution >= 4 is 11.6 Å². The molecule has 0 aliphatic carbocycles. The highest BCUT2D eigenvalue weighted by Crippen LogP contribution is 2.22. The van der Waals surface area contributed by atoms with Crippen LogP contribution in [0.2, 0.25) is 5.02 Å². The molecule has 0 aromatic heterocycles. The van der Waals surface area contributed by atoms with Crippen molar-refractivity contribution in [2.75, 3.05) is 6.54 Å². The number of rotatable bonds is 10. The molecule has 1 rings (SSSR count). The molecule has 19 heavy (non-hydrogen) atoms. The fourth-order valence-corrected chi connectivity index (χ4v) is 2.64. The van der Waals surface area contributed by atoms with Crippen LogP contribution in [-0.4, -0.2) is 6.54 Å². The van der Waals surface area contributed by atoms with Crippen molar-refractivity contribution in [2.24, 2.45) is 0 Å². The lowest BCUT2D eigenvalue weighted by Crippen LogP contribution is -2.20. The van der Waals surface area contributed by atoms with Crippen LogP contribution in [0.15, 0.2) is 24.3 Å². The summed E-state index contributed by atoms with van der Waals surface area (Å²) in [6, 6.07) is 8.43. The summed E-state index contributed by atoms with van der Waals surface area (Å²) in [5.74, 6) is 0. The molecule has 2 heteroatoms. The Morgan fingerprint density at radius 1 is 1.00 bits per heavy atom. The monoisotopic (exact) mass is 281 g/mol. The Kier molecular flexibility index (Phi) is 8.94. The third-order valence-electron chi connectivity index (χ3n) is 3.60. The minimum atomic E-state index is 0.341. The molecular formula is C17H28ClN. The van der Waals surface area contributed by atoms with Crippen molar-refractivity contribution in [1.82, 2.24) is 5.32 Å². The molecule has 0 amide bonds. The minimum absolute atomic E-state index is 0.341. The summed E-state index contributed by atoms with van der Waals surface area (Å²) in [7, 11) is 0. The van der Waals surface area contributed by atoms with Crippen molar-refractivity contribution in [3.05, 3.63) is 34.9 Å². The van der Waals surface area contributed by atoms with Crippen molar-refractivity contribution in [3.63, 3.8) is 0 Å². The molecular weight excluding hydrogens is 254 g/mol. The molecule has 0 aliphatic rings. The van der Waals surface area contributed by atoms with Gasteiger partial charge in [-0.05, 0) is 31.5 Å². The van der Waals surface area contributed by atoms with Gasteiger partial charge in [-0.15, -0.1) is 0 Å². The van der Waals surface area contributed by atoms with E-state index in [1.54, 1.807) is 0 Å². The summed E-state index contributed by atoms with van der Waals surface area (Å²) in [6.45, 7) is 5.53. The van der Waals surface area contributed by atoms with Gasteiger partial charge >= 0.3 is 0 Å². The molecule has 0 heterocycles. The molecule has 1 N–H and O–H groups in total. The molecule has 0 saturated carbocycles. The van der Waals surface area contributed by atoms with E-state index in [2.05, 4.69) is 25.2 Å². The lowest BCUT2D eigenvalue weighted by molar-refractivity contribution is 0.524. The zero-order valence-electron chi connectivity index (χ0n) is 12.4. The average molecular weight is 282 g/mol. The minimum Gasteiger partial charge on any atom is -0.310 e. The highest BCUT2D eigenvalue weighted by atomic mass is 35.5. The normalized spacial score (nSPS) is 12.6.